The summed E-state index contributed by atoms with van der Waals surface area (Å²) in [5.41, 5.74) is 0.0573. The molecular formula is C12H19NO3S2. The Hall–Kier alpha value is -0.0400. The van der Waals surface area contributed by atoms with E-state index in [-0.39, 0.29) is 17.4 Å². The number of ether oxygens (including phenoxy) is 1. The van der Waals surface area contributed by atoms with Crippen LogP contribution in [0.2, 0.25) is 0 Å². The fraction of sp³-hybridized carbons (Fsp3) is 0.833. The molecule has 0 bridgehead atoms. The zero-order valence-electron chi connectivity index (χ0n) is 10.3. The second-order valence-electron chi connectivity index (χ2n) is 5.46. The summed E-state index contributed by atoms with van der Waals surface area (Å²) in [7, 11) is -2.95. The van der Waals surface area contributed by atoms with Crippen molar-refractivity contribution in [2.75, 3.05) is 23.9 Å². The zero-order chi connectivity index (χ0) is 12.6. The van der Waals surface area contributed by atoms with Gasteiger partial charge in [0.05, 0.1) is 11.4 Å². The summed E-state index contributed by atoms with van der Waals surface area (Å²) >= 11 is 1.96. The highest BCUT2D eigenvalue weighted by molar-refractivity contribution is 7.99. The Morgan fingerprint density at radius 2 is 2.33 bits per heavy atom. The van der Waals surface area contributed by atoms with Crippen LogP contribution in [-0.4, -0.2) is 50.0 Å². The second kappa shape index (κ2) is 4.81. The molecule has 1 N–H and O–H groups in total. The fourth-order valence-corrected chi connectivity index (χ4v) is 5.64. The largest absolute Gasteiger partial charge is 0.374 e. The van der Waals surface area contributed by atoms with Crippen molar-refractivity contribution in [1.82, 2.24) is 5.32 Å². The van der Waals surface area contributed by atoms with E-state index in [1.54, 1.807) is 6.08 Å². The molecular weight excluding hydrogens is 270 g/mol. The molecule has 3 atom stereocenters. The monoisotopic (exact) mass is 289 g/mol. The molecule has 3 unspecified atom stereocenters. The van der Waals surface area contributed by atoms with Crippen molar-refractivity contribution in [3.63, 3.8) is 0 Å². The number of thioether (sulfide) groups is 1. The Kier molecular flexibility index (Phi) is 3.47. The van der Waals surface area contributed by atoms with Crippen LogP contribution in [0.3, 0.4) is 0 Å². The van der Waals surface area contributed by atoms with Crippen LogP contribution in [0.15, 0.2) is 11.5 Å². The summed E-state index contributed by atoms with van der Waals surface area (Å²) in [6.45, 7) is 0.793. The summed E-state index contributed by atoms with van der Waals surface area (Å²) in [5, 5.41) is 4.81. The highest BCUT2D eigenvalue weighted by atomic mass is 32.2. The van der Waals surface area contributed by atoms with Crippen LogP contribution in [0.25, 0.3) is 0 Å². The average molecular weight is 289 g/mol. The molecule has 3 aliphatic heterocycles. The van der Waals surface area contributed by atoms with Gasteiger partial charge in [-0.1, -0.05) is 6.08 Å². The minimum atomic E-state index is -2.95. The number of hydrogen-bond donors (Lipinski definition) is 1. The van der Waals surface area contributed by atoms with Crippen molar-refractivity contribution in [2.45, 2.75) is 36.9 Å². The molecule has 0 amide bonds. The third-order valence-electron chi connectivity index (χ3n) is 3.94. The molecule has 3 rings (SSSR count). The minimum absolute atomic E-state index is 0.00999. The molecule has 3 aliphatic rings. The van der Waals surface area contributed by atoms with Gasteiger partial charge in [-0.25, -0.2) is 8.42 Å². The van der Waals surface area contributed by atoms with Crippen LogP contribution in [0.1, 0.15) is 19.3 Å². The van der Waals surface area contributed by atoms with Crippen LogP contribution in [0.5, 0.6) is 0 Å². The second-order valence-corrected chi connectivity index (χ2v) is 8.49. The maximum atomic E-state index is 11.4. The predicted octanol–water partition coefficient (Wildman–Crippen LogP) is 0.941. The molecule has 4 nitrogen and oxygen atoms in total. The Morgan fingerprint density at radius 1 is 1.44 bits per heavy atom. The van der Waals surface area contributed by atoms with Crippen molar-refractivity contribution in [3.05, 3.63) is 11.5 Å². The van der Waals surface area contributed by atoms with Gasteiger partial charge in [-0.3, -0.25) is 0 Å². The zero-order valence-corrected chi connectivity index (χ0v) is 11.9. The van der Waals surface area contributed by atoms with E-state index in [1.807, 2.05) is 11.8 Å². The third-order valence-corrected chi connectivity index (χ3v) is 6.56. The van der Waals surface area contributed by atoms with Gasteiger partial charge in [-0.15, -0.1) is 0 Å². The lowest BCUT2D eigenvalue weighted by atomic mass is 9.89. The van der Waals surface area contributed by atoms with Gasteiger partial charge >= 0.3 is 0 Å². The van der Waals surface area contributed by atoms with Gasteiger partial charge in [0.2, 0.25) is 0 Å². The van der Waals surface area contributed by atoms with E-state index in [9.17, 15) is 8.42 Å². The molecule has 2 saturated heterocycles. The summed E-state index contributed by atoms with van der Waals surface area (Å²) in [4.78, 5) is 0. The lowest BCUT2D eigenvalue weighted by Crippen LogP contribution is -2.50. The number of hydrogen-bond acceptors (Lipinski definition) is 5. The van der Waals surface area contributed by atoms with Crippen molar-refractivity contribution in [2.24, 2.45) is 0 Å². The van der Waals surface area contributed by atoms with Gasteiger partial charge in [0, 0.05) is 29.9 Å². The highest BCUT2D eigenvalue weighted by Gasteiger charge is 2.41. The van der Waals surface area contributed by atoms with Crippen LogP contribution >= 0.6 is 11.8 Å². The van der Waals surface area contributed by atoms with E-state index in [1.165, 1.54) is 11.2 Å². The molecule has 18 heavy (non-hydrogen) atoms. The highest BCUT2D eigenvalue weighted by Crippen LogP contribution is 2.38. The van der Waals surface area contributed by atoms with Crippen LogP contribution in [-0.2, 0) is 14.6 Å². The van der Waals surface area contributed by atoms with E-state index in [2.05, 4.69) is 5.32 Å². The molecule has 0 aromatic carbocycles. The van der Waals surface area contributed by atoms with E-state index >= 15 is 0 Å². The first-order chi connectivity index (χ1) is 8.57. The van der Waals surface area contributed by atoms with Crippen molar-refractivity contribution < 1.29 is 13.2 Å². The van der Waals surface area contributed by atoms with Crippen LogP contribution in [0.4, 0.5) is 0 Å². The first-order valence-corrected chi connectivity index (χ1v) is 9.33. The van der Waals surface area contributed by atoms with Crippen molar-refractivity contribution in [3.8, 4) is 0 Å². The molecule has 2 fully saturated rings. The summed E-state index contributed by atoms with van der Waals surface area (Å²) in [6, 6.07) is 0.379. The Balaban J connectivity index is 1.59. The first-order valence-electron chi connectivity index (χ1n) is 6.46. The minimum Gasteiger partial charge on any atom is -0.374 e. The molecule has 3 heterocycles. The third kappa shape index (κ3) is 2.76. The molecule has 0 aromatic rings. The van der Waals surface area contributed by atoms with Gasteiger partial charge < -0.3 is 10.1 Å². The smallest absolute Gasteiger partial charge is 0.173 e. The summed E-state index contributed by atoms with van der Waals surface area (Å²) in [6.07, 6.45) is 4.91. The van der Waals surface area contributed by atoms with Gasteiger partial charge in [0.1, 0.15) is 0 Å². The van der Waals surface area contributed by atoms with Gasteiger partial charge in [0.25, 0.3) is 0 Å². The maximum Gasteiger partial charge on any atom is 0.173 e. The average Bonchev–Trinajstić information content (AvgIpc) is 2.87. The SMILES string of the molecule is O=S1(=O)C=CC(NC2CCOC3(CCSC3)C2)C1. The molecule has 0 radical (unpaired) electrons. The molecule has 6 heteroatoms. The fourth-order valence-electron chi connectivity index (χ4n) is 3.02. The number of rotatable bonds is 2. The quantitative estimate of drug-likeness (QED) is 0.820. The number of nitrogens with one attached hydrogen (secondary N) is 1. The molecule has 102 valence electrons. The van der Waals surface area contributed by atoms with Gasteiger partial charge in [-0.2, -0.15) is 11.8 Å². The summed E-state index contributed by atoms with van der Waals surface area (Å²) in [5.74, 6) is 2.49. The standard InChI is InChI=1S/C12H19NO3S2/c14-18(15)6-2-11(8-18)13-10-1-4-16-12(7-10)3-5-17-9-12/h2,6,10-11,13H,1,3-5,7-9H2. The summed E-state index contributed by atoms with van der Waals surface area (Å²) < 4.78 is 28.7. The Bertz CT molecular complexity index is 440. The van der Waals surface area contributed by atoms with E-state index in [0.717, 1.165) is 31.6 Å². The Morgan fingerprint density at radius 3 is 3.00 bits per heavy atom. The Labute approximate surface area is 112 Å². The predicted molar refractivity (Wildman–Crippen MR) is 73.5 cm³/mol. The lowest BCUT2D eigenvalue weighted by Gasteiger charge is -2.38. The van der Waals surface area contributed by atoms with Gasteiger partial charge in [-0.05, 0) is 25.0 Å². The normalized spacial score (nSPS) is 42.7. The lowest BCUT2D eigenvalue weighted by molar-refractivity contribution is -0.0705. The molecule has 1 spiro atoms. The van der Waals surface area contributed by atoms with Crippen molar-refractivity contribution >= 4 is 21.6 Å². The molecule has 0 aromatic heterocycles. The van der Waals surface area contributed by atoms with Crippen LogP contribution < -0.4 is 5.32 Å². The topological polar surface area (TPSA) is 55.4 Å². The maximum absolute atomic E-state index is 11.4. The van der Waals surface area contributed by atoms with E-state index in [4.69, 9.17) is 4.74 Å². The molecule has 0 saturated carbocycles. The van der Waals surface area contributed by atoms with Gasteiger partial charge in [0.15, 0.2) is 9.84 Å². The number of sulfone groups is 1. The van der Waals surface area contributed by atoms with E-state index < -0.39 is 9.84 Å². The van der Waals surface area contributed by atoms with E-state index in [0.29, 0.717) is 6.04 Å². The van der Waals surface area contributed by atoms with Crippen molar-refractivity contribution in [1.29, 1.82) is 0 Å². The van der Waals surface area contributed by atoms with Crippen LogP contribution in [0, 0.1) is 0 Å². The molecule has 0 aliphatic carbocycles. The first kappa shape index (κ1) is 13.0.